The zero-order valence-electron chi connectivity index (χ0n) is 12.7. The fourth-order valence-electron chi connectivity index (χ4n) is 2.49. The van der Waals surface area contributed by atoms with Crippen LogP contribution in [-0.4, -0.2) is 6.54 Å². The Hall–Kier alpha value is -1.19. The van der Waals surface area contributed by atoms with Crippen molar-refractivity contribution >= 4 is 15.9 Å². The lowest BCUT2D eigenvalue weighted by molar-refractivity contribution is 0.509. The van der Waals surface area contributed by atoms with E-state index in [0.29, 0.717) is 0 Å². The normalized spacial score (nSPS) is 12.4. The van der Waals surface area contributed by atoms with Crippen LogP contribution < -0.4 is 5.32 Å². The molecule has 0 fully saturated rings. The highest BCUT2D eigenvalue weighted by Gasteiger charge is 2.16. The topological polar surface area (TPSA) is 12.0 Å². The molecule has 2 rings (SSSR count). The van der Waals surface area contributed by atoms with Gasteiger partial charge < -0.3 is 5.32 Å². The van der Waals surface area contributed by atoms with E-state index in [1.54, 1.807) is 0 Å². The molecule has 2 aromatic carbocycles. The molecule has 112 valence electrons. The van der Waals surface area contributed by atoms with E-state index in [2.05, 4.69) is 53.3 Å². The van der Waals surface area contributed by atoms with Crippen LogP contribution in [0.3, 0.4) is 0 Å². The Kier molecular flexibility index (Phi) is 5.54. The summed E-state index contributed by atoms with van der Waals surface area (Å²) in [7, 11) is 0. The summed E-state index contributed by atoms with van der Waals surface area (Å²) in [5.41, 5.74) is 4.51. The maximum absolute atomic E-state index is 14.2. The molecule has 0 saturated heterocycles. The van der Waals surface area contributed by atoms with Crippen LogP contribution in [0.4, 0.5) is 4.39 Å². The summed E-state index contributed by atoms with van der Waals surface area (Å²) in [6.45, 7) is 7.08. The first-order chi connectivity index (χ1) is 10.0. The van der Waals surface area contributed by atoms with E-state index in [1.807, 2.05) is 19.1 Å². The zero-order chi connectivity index (χ0) is 15.4. The molecular weight excluding hydrogens is 329 g/mol. The summed E-state index contributed by atoms with van der Waals surface area (Å²) in [4.78, 5) is 0. The van der Waals surface area contributed by atoms with Gasteiger partial charge in [0.1, 0.15) is 5.82 Å². The number of benzene rings is 2. The minimum absolute atomic E-state index is 0.00907. The first-order valence-corrected chi connectivity index (χ1v) is 8.05. The highest BCUT2D eigenvalue weighted by molar-refractivity contribution is 9.10. The molecule has 0 heterocycles. The van der Waals surface area contributed by atoms with Gasteiger partial charge >= 0.3 is 0 Å². The molecule has 0 aliphatic heterocycles. The van der Waals surface area contributed by atoms with E-state index >= 15 is 0 Å². The second kappa shape index (κ2) is 7.19. The van der Waals surface area contributed by atoms with Gasteiger partial charge in [0.15, 0.2) is 0 Å². The minimum atomic E-state index is -0.167. The lowest BCUT2D eigenvalue weighted by Gasteiger charge is -2.20. The first kappa shape index (κ1) is 16.2. The van der Waals surface area contributed by atoms with Crippen molar-refractivity contribution in [3.05, 3.63) is 68.9 Å². The van der Waals surface area contributed by atoms with Gasteiger partial charge in [0.25, 0.3) is 0 Å². The SMILES string of the molecule is CCNC(Cc1ccc(C)c(C)c1)c1ccc(Br)cc1F. The molecule has 0 aromatic heterocycles. The summed E-state index contributed by atoms with van der Waals surface area (Å²) in [5.74, 6) is -0.167. The Morgan fingerprint density at radius 2 is 1.86 bits per heavy atom. The smallest absolute Gasteiger partial charge is 0.129 e. The van der Waals surface area contributed by atoms with Crippen LogP contribution in [0.5, 0.6) is 0 Å². The third-order valence-electron chi connectivity index (χ3n) is 3.80. The summed E-state index contributed by atoms with van der Waals surface area (Å²) in [5, 5.41) is 3.39. The molecule has 1 nitrogen and oxygen atoms in total. The van der Waals surface area contributed by atoms with Gasteiger partial charge in [0.2, 0.25) is 0 Å². The molecule has 0 saturated carbocycles. The molecule has 0 spiro atoms. The molecule has 0 radical (unpaired) electrons. The largest absolute Gasteiger partial charge is 0.310 e. The molecule has 0 aliphatic rings. The molecule has 0 amide bonds. The second-order valence-electron chi connectivity index (χ2n) is 5.40. The Morgan fingerprint density at radius 1 is 1.10 bits per heavy atom. The van der Waals surface area contributed by atoms with Crippen LogP contribution in [-0.2, 0) is 6.42 Å². The standard InChI is InChI=1S/C18H21BrFN/c1-4-21-18(16-8-7-15(19)11-17(16)20)10-14-6-5-12(2)13(3)9-14/h5-9,11,18,21H,4,10H2,1-3H3. The Morgan fingerprint density at radius 3 is 2.48 bits per heavy atom. The number of rotatable bonds is 5. The molecule has 0 bridgehead atoms. The number of likely N-dealkylation sites (N-methyl/N-ethyl adjacent to an activating group) is 1. The second-order valence-corrected chi connectivity index (χ2v) is 6.31. The summed E-state index contributed by atoms with van der Waals surface area (Å²) >= 11 is 3.31. The van der Waals surface area contributed by atoms with Crippen molar-refractivity contribution in [2.75, 3.05) is 6.54 Å². The van der Waals surface area contributed by atoms with E-state index in [4.69, 9.17) is 0 Å². The van der Waals surface area contributed by atoms with Crippen LogP contribution in [0, 0.1) is 19.7 Å². The maximum Gasteiger partial charge on any atom is 0.129 e. The van der Waals surface area contributed by atoms with Gasteiger partial charge in [-0.05, 0) is 55.6 Å². The average molecular weight is 350 g/mol. The van der Waals surface area contributed by atoms with Crippen molar-refractivity contribution in [1.82, 2.24) is 5.32 Å². The molecule has 1 N–H and O–H groups in total. The van der Waals surface area contributed by atoms with Crippen LogP contribution >= 0.6 is 15.9 Å². The summed E-state index contributed by atoms with van der Waals surface area (Å²) in [6.07, 6.45) is 0.785. The van der Waals surface area contributed by atoms with Gasteiger partial charge in [-0.3, -0.25) is 0 Å². The van der Waals surface area contributed by atoms with Crippen molar-refractivity contribution in [2.45, 2.75) is 33.2 Å². The van der Waals surface area contributed by atoms with Crippen molar-refractivity contribution in [1.29, 1.82) is 0 Å². The van der Waals surface area contributed by atoms with E-state index in [-0.39, 0.29) is 11.9 Å². The fourth-order valence-corrected chi connectivity index (χ4v) is 2.82. The predicted molar refractivity (Wildman–Crippen MR) is 90.1 cm³/mol. The molecule has 0 aliphatic carbocycles. The molecular formula is C18H21BrFN. The van der Waals surface area contributed by atoms with Gasteiger partial charge in [-0.25, -0.2) is 4.39 Å². The lowest BCUT2D eigenvalue weighted by atomic mass is 9.96. The van der Waals surface area contributed by atoms with Crippen LogP contribution in [0.25, 0.3) is 0 Å². The number of halogens is 2. The van der Waals surface area contributed by atoms with Crippen LogP contribution in [0.2, 0.25) is 0 Å². The lowest BCUT2D eigenvalue weighted by Crippen LogP contribution is -2.24. The number of nitrogens with one attached hydrogen (secondary N) is 1. The van der Waals surface area contributed by atoms with Crippen LogP contribution in [0.15, 0.2) is 40.9 Å². The van der Waals surface area contributed by atoms with Gasteiger partial charge in [-0.2, -0.15) is 0 Å². The monoisotopic (exact) mass is 349 g/mol. The van der Waals surface area contributed by atoms with Crippen molar-refractivity contribution < 1.29 is 4.39 Å². The van der Waals surface area contributed by atoms with E-state index in [9.17, 15) is 4.39 Å². The van der Waals surface area contributed by atoms with Gasteiger partial charge in [-0.1, -0.05) is 47.1 Å². The highest BCUT2D eigenvalue weighted by Crippen LogP contribution is 2.25. The minimum Gasteiger partial charge on any atom is -0.310 e. The number of hydrogen-bond donors (Lipinski definition) is 1. The number of hydrogen-bond acceptors (Lipinski definition) is 1. The van der Waals surface area contributed by atoms with Gasteiger partial charge in [0, 0.05) is 16.1 Å². The van der Waals surface area contributed by atoms with Gasteiger partial charge in [-0.15, -0.1) is 0 Å². The average Bonchev–Trinajstić information content (AvgIpc) is 2.42. The predicted octanol–water partition coefficient (Wildman–Crippen LogP) is 5.10. The number of aryl methyl sites for hydroxylation is 2. The van der Waals surface area contributed by atoms with E-state index in [0.717, 1.165) is 23.0 Å². The third-order valence-corrected chi connectivity index (χ3v) is 4.29. The highest BCUT2D eigenvalue weighted by atomic mass is 79.9. The Balaban J connectivity index is 2.28. The summed E-state index contributed by atoms with van der Waals surface area (Å²) < 4.78 is 15.0. The third kappa shape index (κ3) is 4.14. The quantitative estimate of drug-likeness (QED) is 0.791. The summed E-state index contributed by atoms with van der Waals surface area (Å²) in [6, 6.07) is 11.7. The van der Waals surface area contributed by atoms with E-state index < -0.39 is 0 Å². The zero-order valence-corrected chi connectivity index (χ0v) is 14.3. The Bertz CT molecular complexity index is 625. The molecule has 2 aromatic rings. The molecule has 1 atom stereocenters. The molecule has 1 unspecified atom stereocenters. The first-order valence-electron chi connectivity index (χ1n) is 7.25. The molecule has 3 heteroatoms. The molecule has 21 heavy (non-hydrogen) atoms. The Labute approximate surface area is 134 Å². The van der Waals surface area contributed by atoms with Crippen molar-refractivity contribution in [2.24, 2.45) is 0 Å². The maximum atomic E-state index is 14.2. The van der Waals surface area contributed by atoms with Gasteiger partial charge in [0.05, 0.1) is 0 Å². The van der Waals surface area contributed by atoms with Crippen molar-refractivity contribution in [3.8, 4) is 0 Å². The fraction of sp³-hybridized carbons (Fsp3) is 0.333. The van der Waals surface area contributed by atoms with Crippen LogP contribution in [0.1, 0.15) is 35.2 Å². The van der Waals surface area contributed by atoms with Crippen molar-refractivity contribution in [3.63, 3.8) is 0 Å². The van der Waals surface area contributed by atoms with E-state index in [1.165, 1.54) is 22.8 Å².